The average molecular weight is 461 g/mol. The lowest BCUT2D eigenvalue weighted by atomic mass is 9.89. The number of carbonyl (C=O) groups excluding carboxylic acids is 1. The fourth-order valence-corrected chi connectivity index (χ4v) is 6.74. The van der Waals surface area contributed by atoms with E-state index < -0.39 is 15.7 Å². The molecule has 0 bridgehead atoms. The van der Waals surface area contributed by atoms with Crippen LogP contribution in [0.3, 0.4) is 0 Å². The summed E-state index contributed by atoms with van der Waals surface area (Å²) >= 11 is 7.21. The second-order valence-electron chi connectivity index (χ2n) is 7.86. The third-order valence-corrected chi connectivity index (χ3v) is 8.48. The third-order valence-electron chi connectivity index (χ3n) is 5.83. The van der Waals surface area contributed by atoms with E-state index in [2.05, 4.69) is 10.6 Å². The van der Waals surface area contributed by atoms with Crippen molar-refractivity contribution in [3.05, 3.63) is 26.8 Å². The van der Waals surface area contributed by atoms with E-state index in [1.807, 2.05) is 0 Å². The predicted molar refractivity (Wildman–Crippen MR) is 113 cm³/mol. The van der Waals surface area contributed by atoms with Gasteiger partial charge in [-0.15, -0.1) is 11.3 Å². The van der Waals surface area contributed by atoms with Gasteiger partial charge in [0.05, 0.1) is 24.0 Å². The van der Waals surface area contributed by atoms with Crippen LogP contribution in [0, 0.1) is 0 Å². The second kappa shape index (κ2) is 7.92. The molecule has 1 spiro atoms. The Morgan fingerprint density at radius 2 is 2.07 bits per heavy atom. The molecular weight excluding hydrogens is 436 g/mol. The zero-order chi connectivity index (χ0) is 20.7. The fraction of sp³-hybridized carbons (Fsp3) is 0.611. The minimum Gasteiger partial charge on any atom is -0.381 e. The highest BCUT2D eigenvalue weighted by molar-refractivity contribution is 7.92. The normalized spacial score (nSPS) is 27.8. The summed E-state index contributed by atoms with van der Waals surface area (Å²) in [4.78, 5) is 15.5. The minimum atomic E-state index is -3.78. The average Bonchev–Trinajstić information content (AvgIpc) is 3.22. The van der Waals surface area contributed by atoms with Gasteiger partial charge < -0.3 is 15.0 Å². The number of rotatable bonds is 5. The quantitative estimate of drug-likeness (QED) is 0.678. The van der Waals surface area contributed by atoms with E-state index in [1.165, 1.54) is 21.7 Å². The number of amides is 1. The van der Waals surface area contributed by atoms with Crippen LogP contribution >= 0.6 is 22.9 Å². The van der Waals surface area contributed by atoms with Gasteiger partial charge in [-0.3, -0.25) is 10.1 Å². The van der Waals surface area contributed by atoms with Crippen molar-refractivity contribution in [2.45, 2.75) is 24.0 Å². The predicted octanol–water partition coefficient (Wildman–Crippen LogP) is 0.914. The Hall–Kier alpha value is -1.01. The lowest BCUT2D eigenvalue weighted by Crippen LogP contribution is -2.69. The second-order valence-corrected chi connectivity index (χ2v) is 11.4. The van der Waals surface area contributed by atoms with Gasteiger partial charge >= 0.3 is 0 Å². The van der Waals surface area contributed by atoms with Crippen LogP contribution in [0.5, 0.6) is 0 Å². The molecule has 0 radical (unpaired) electrons. The Bertz CT molecular complexity index is 913. The molecule has 3 fully saturated rings. The number of piperidine rings is 1. The van der Waals surface area contributed by atoms with Crippen molar-refractivity contribution in [2.75, 3.05) is 46.4 Å². The van der Waals surface area contributed by atoms with Crippen LogP contribution in [0.4, 0.5) is 0 Å². The van der Waals surface area contributed by atoms with Crippen LogP contribution in [0.2, 0.25) is 4.34 Å². The summed E-state index contributed by atoms with van der Waals surface area (Å²) < 4.78 is 33.2. The highest BCUT2D eigenvalue weighted by Crippen LogP contribution is 2.37. The number of thiophene rings is 1. The number of methoxy groups -OCH3 is 1. The van der Waals surface area contributed by atoms with Crippen molar-refractivity contribution < 1.29 is 17.9 Å². The first kappa shape index (κ1) is 21.2. The Morgan fingerprint density at radius 1 is 1.31 bits per heavy atom. The summed E-state index contributed by atoms with van der Waals surface area (Å²) in [5.41, 5.74) is -1.06. The van der Waals surface area contributed by atoms with Gasteiger partial charge in [0.25, 0.3) is 0 Å². The number of fused-ring (bicyclic) bond motifs is 1. The summed E-state index contributed by atoms with van der Waals surface area (Å²) in [6.45, 7) is 2.52. The number of sulfonamides is 1. The molecule has 1 atom stereocenters. The maximum absolute atomic E-state index is 13.0. The molecule has 2 N–H and O–H groups in total. The fourth-order valence-electron chi connectivity index (χ4n) is 4.51. The van der Waals surface area contributed by atoms with Crippen LogP contribution in [0.25, 0.3) is 6.08 Å². The summed E-state index contributed by atoms with van der Waals surface area (Å²) in [5.74, 6) is -0.202. The van der Waals surface area contributed by atoms with E-state index in [-0.39, 0.29) is 31.1 Å². The Labute approximate surface area is 179 Å². The van der Waals surface area contributed by atoms with Gasteiger partial charge in [0.15, 0.2) is 0 Å². The summed E-state index contributed by atoms with van der Waals surface area (Å²) in [7, 11) is -2.21. The first-order valence-electron chi connectivity index (χ1n) is 9.51. The van der Waals surface area contributed by atoms with E-state index in [9.17, 15) is 13.2 Å². The number of nitrogens with one attached hydrogen (secondary N) is 2. The Balaban J connectivity index is 1.59. The van der Waals surface area contributed by atoms with Crippen molar-refractivity contribution in [1.82, 2.24) is 19.8 Å². The number of nitrogens with zero attached hydrogens (tertiary/aromatic N) is 2. The first-order valence-corrected chi connectivity index (χ1v) is 12.2. The van der Waals surface area contributed by atoms with Crippen molar-refractivity contribution in [3.63, 3.8) is 0 Å². The zero-order valence-electron chi connectivity index (χ0n) is 16.2. The van der Waals surface area contributed by atoms with E-state index in [0.717, 1.165) is 36.2 Å². The molecular formula is C18H25ClN4O4S2. The molecule has 3 saturated heterocycles. The Morgan fingerprint density at radius 3 is 2.72 bits per heavy atom. The van der Waals surface area contributed by atoms with Crippen LogP contribution in [0.1, 0.15) is 17.7 Å². The molecule has 0 aromatic carbocycles. The van der Waals surface area contributed by atoms with Gasteiger partial charge in [-0.1, -0.05) is 11.6 Å². The van der Waals surface area contributed by atoms with Crippen LogP contribution in [-0.2, 0) is 19.6 Å². The zero-order valence-corrected chi connectivity index (χ0v) is 18.6. The van der Waals surface area contributed by atoms with Gasteiger partial charge in [-0.25, -0.2) is 8.42 Å². The topological polar surface area (TPSA) is 91.0 Å². The summed E-state index contributed by atoms with van der Waals surface area (Å²) in [6, 6.07) is 3.48. The molecule has 4 rings (SSSR count). The molecule has 4 heterocycles. The molecule has 160 valence electrons. The van der Waals surface area contributed by atoms with Gasteiger partial charge in [-0.2, -0.15) is 4.31 Å². The third kappa shape index (κ3) is 4.12. The molecule has 3 aliphatic rings. The molecule has 1 aromatic heterocycles. The van der Waals surface area contributed by atoms with Crippen molar-refractivity contribution in [1.29, 1.82) is 0 Å². The monoisotopic (exact) mass is 460 g/mol. The summed E-state index contributed by atoms with van der Waals surface area (Å²) in [6.07, 6.45) is 3.28. The molecule has 0 saturated carbocycles. The molecule has 1 aromatic rings. The van der Waals surface area contributed by atoms with Crippen molar-refractivity contribution in [3.8, 4) is 0 Å². The number of ether oxygens (including phenoxy) is 1. The summed E-state index contributed by atoms with van der Waals surface area (Å²) in [5, 5.41) is 8.11. The van der Waals surface area contributed by atoms with Gasteiger partial charge in [0, 0.05) is 29.5 Å². The lowest BCUT2D eigenvalue weighted by molar-refractivity contribution is -0.144. The SMILES string of the molecule is COCC12CN(S(=O)(=O)C=Cc3ccc(Cl)s3)CC(=O)N1CC1(CCNCC1)N2. The Kier molecular flexibility index (Phi) is 5.80. The molecule has 11 heteroatoms. The van der Waals surface area contributed by atoms with Gasteiger partial charge in [0.2, 0.25) is 15.9 Å². The molecule has 29 heavy (non-hydrogen) atoms. The molecule has 3 aliphatic heterocycles. The lowest BCUT2D eigenvalue weighted by Gasteiger charge is -2.45. The van der Waals surface area contributed by atoms with Crippen LogP contribution in [0.15, 0.2) is 17.5 Å². The van der Waals surface area contributed by atoms with E-state index in [0.29, 0.717) is 10.9 Å². The number of halogens is 1. The van der Waals surface area contributed by atoms with Gasteiger partial charge in [-0.05, 0) is 44.1 Å². The molecule has 0 aliphatic carbocycles. The highest BCUT2D eigenvalue weighted by Gasteiger charge is 2.58. The number of carbonyl (C=O) groups is 1. The van der Waals surface area contributed by atoms with Crippen molar-refractivity contribution in [2.24, 2.45) is 0 Å². The molecule has 1 amide bonds. The minimum absolute atomic E-state index is 0.152. The standard InChI is InChI=1S/C18H25ClN4O4S2/c1-27-13-18-12-22(29(25,26)9-4-14-2-3-15(19)28-14)10-16(24)23(18)11-17(21-18)5-7-20-8-6-17/h2-4,9,20-21H,5-8,10-13H2,1H3. The van der Waals surface area contributed by atoms with Crippen LogP contribution < -0.4 is 10.6 Å². The molecule has 8 nitrogen and oxygen atoms in total. The van der Waals surface area contributed by atoms with E-state index >= 15 is 0 Å². The number of hydrogen-bond acceptors (Lipinski definition) is 7. The first-order chi connectivity index (χ1) is 13.8. The van der Waals surface area contributed by atoms with Gasteiger partial charge in [0.1, 0.15) is 5.66 Å². The largest absolute Gasteiger partial charge is 0.381 e. The van der Waals surface area contributed by atoms with Crippen molar-refractivity contribution >= 4 is 44.9 Å². The molecule has 1 unspecified atom stereocenters. The van der Waals surface area contributed by atoms with E-state index in [4.69, 9.17) is 16.3 Å². The maximum Gasteiger partial charge on any atom is 0.239 e. The number of piperazine rings is 1. The smallest absolute Gasteiger partial charge is 0.239 e. The van der Waals surface area contributed by atoms with Crippen LogP contribution in [-0.4, -0.2) is 81.2 Å². The van der Waals surface area contributed by atoms with E-state index in [1.54, 1.807) is 24.1 Å². The maximum atomic E-state index is 13.0. The number of hydrogen-bond donors (Lipinski definition) is 2. The highest BCUT2D eigenvalue weighted by atomic mass is 35.5.